The van der Waals surface area contributed by atoms with Crippen molar-refractivity contribution in [3.8, 4) is 5.75 Å². The van der Waals surface area contributed by atoms with E-state index in [0.29, 0.717) is 29.4 Å². The summed E-state index contributed by atoms with van der Waals surface area (Å²) in [5, 5.41) is 9.06. The lowest BCUT2D eigenvalue weighted by molar-refractivity contribution is -0.118. The summed E-state index contributed by atoms with van der Waals surface area (Å²) in [7, 11) is 0. The summed E-state index contributed by atoms with van der Waals surface area (Å²) in [6, 6.07) is 18.2. The van der Waals surface area contributed by atoms with Crippen molar-refractivity contribution in [3.05, 3.63) is 66.4 Å². The summed E-state index contributed by atoms with van der Waals surface area (Å²) in [6.07, 6.45) is 0.634. The Morgan fingerprint density at radius 2 is 1.90 bits per heavy atom. The average molecular weight is 426 g/mol. The largest absolute Gasteiger partial charge is 0.484 e. The monoisotopic (exact) mass is 425 g/mol. The Labute approximate surface area is 179 Å². The molecule has 0 aliphatic carbocycles. The van der Waals surface area contributed by atoms with Crippen molar-refractivity contribution in [2.75, 3.05) is 17.2 Å². The highest BCUT2D eigenvalue weighted by molar-refractivity contribution is 8.00. The van der Waals surface area contributed by atoms with Gasteiger partial charge in [0, 0.05) is 16.6 Å². The van der Waals surface area contributed by atoms with Crippen molar-refractivity contribution >= 4 is 35.1 Å². The zero-order chi connectivity index (χ0) is 21.3. The number of rotatable bonds is 9. The van der Waals surface area contributed by atoms with E-state index in [1.54, 1.807) is 31.2 Å². The lowest BCUT2D eigenvalue weighted by Crippen LogP contribution is -2.24. The number of carbonyl (C=O) groups excluding carboxylic acids is 2. The zero-order valence-corrected chi connectivity index (χ0v) is 17.6. The van der Waals surface area contributed by atoms with E-state index in [4.69, 9.17) is 9.26 Å². The zero-order valence-electron chi connectivity index (χ0n) is 16.8. The molecule has 3 aromatic rings. The van der Waals surface area contributed by atoms with Crippen LogP contribution in [0.1, 0.15) is 19.1 Å². The number of aromatic nitrogens is 1. The van der Waals surface area contributed by atoms with Crippen molar-refractivity contribution in [1.29, 1.82) is 0 Å². The van der Waals surface area contributed by atoms with Crippen LogP contribution in [-0.2, 0) is 9.59 Å². The van der Waals surface area contributed by atoms with E-state index in [1.165, 1.54) is 11.8 Å². The highest BCUT2D eigenvalue weighted by atomic mass is 32.2. The van der Waals surface area contributed by atoms with E-state index in [-0.39, 0.29) is 23.7 Å². The molecule has 2 amide bonds. The van der Waals surface area contributed by atoms with Crippen LogP contribution in [0.5, 0.6) is 5.75 Å². The number of carbonyl (C=O) groups is 2. The van der Waals surface area contributed by atoms with Gasteiger partial charge in [-0.25, -0.2) is 0 Å². The maximum atomic E-state index is 12.5. The quantitative estimate of drug-likeness (QED) is 0.490. The summed E-state index contributed by atoms with van der Waals surface area (Å²) in [5.74, 6) is 1.26. The molecule has 8 heteroatoms. The fourth-order valence-electron chi connectivity index (χ4n) is 2.63. The normalized spacial score (nSPS) is 11.5. The number of hydrogen-bond donors (Lipinski definition) is 2. The van der Waals surface area contributed by atoms with Gasteiger partial charge in [-0.15, -0.1) is 11.8 Å². The molecule has 0 bridgehead atoms. The fraction of sp³-hybridized carbons (Fsp3) is 0.227. The topological polar surface area (TPSA) is 93.5 Å². The third-order valence-electron chi connectivity index (χ3n) is 4.05. The molecule has 0 saturated carbocycles. The summed E-state index contributed by atoms with van der Waals surface area (Å²) in [5.41, 5.74) is 0.643. The Hall–Kier alpha value is -3.26. The molecular formula is C22H23N3O4S. The molecule has 0 radical (unpaired) electrons. The Kier molecular flexibility index (Phi) is 7.51. The number of amides is 2. The number of para-hydroxylation sites is 1. The molecular weight excluding hydrogens is 402 g/mol. The Balaban J connectivity index is 1.55. The highest BCUT2D eigenvalue weighted by Gasteiger charge is 2.19. The lowest BCUT2D eigenvalue weighted by Gasteiger charge is -2.14. The van der Waals surface area contributed by atoms with E-state index >= 15 is 0 Å². The van der Waals surface area contributed by atoms with Crippen LogP contribution >= 0.6 is 11.8 Å². The van der Waals surface area contributed by atoms with Crippen molar-refractivity contribution < 1.29 is 18.8 Å². The van der Waals surface area contributed by atoms with Crippen LogP contribution in [0.2, 0.25) is 0 Å². The molecule has 1 heterocycles. The number of benzene rings is 2. The van der Waals surface area contributed by atoms with E-state index in [1.807, 2.05) is 43.3 Å². The van der Waals surface area contributed by atoms with Crippen LogP contribution in [0.3, 0.4) is 0 Å². The van der Waals surface area contributed by atoms with Gasteiger partial charge in [0.25, 0.3) is 5.91 Å². The third kappa shape index (κ3) is 6.38. The number of nitrogens with one attached hydrogen (secondary N) is 2. The van der Waals surface area contributed by atoms with Gasteiger partial charge in [0.05, 0.1) is 5.25 Å². The van der Waals surface area contributed by atoms with Gasteiger partial charge in [0.2, 0.25) is 5.91 Å². The minimum absolute atomic E-state index is 0.0848. The smallest absolute Gasteiger partial charge is 0.262 e. The molecule has 2 N–H and O–H groups in total. The summed E-state index contributed by atoms with van der Waals surface area (Å²) >= 11 is 1.42. The number of hydrogen-bond acceptors (Lipinski definition) is 6. The first-order chi connectivity index (χ1) is 14.5. The van der Waals surface area contributed by atoms with Gasteiger partial charge in [0.15, 0.2) is 12.4 Å². The molecule has 0 fully saturated rings. The van der Waals surface area contributed by atoms with Crippen LogP contribution < -0.4 is 15.4 Å². The Morgan fingerprint density at radius 1 is 1.10 bits per heavy atom. The van der Waals surface area contributed by atoms with Crippen molar-refractivity contribution in [3.63, 3.8) is 0 Å². The summed E-state index contributed by atoms with van der Waals surface area (Å²) < 4.78 is 10.4. The molecule has 0 aliphatic heterocycles. The van der Waals surface area contributed by atoms with Crippen molar-refractivity contribution in [2.24, 2.45) is 0 Å². The van der Waals surface area contributed by atoms with Gasteiger partial charge < -0.3 is 19.9 Å². The molecule has 30 heavy (non-hydrogen) atoms. The average Bonchev–Trinajstić information content (AvgIpc) is 3.16. The van der Waals surface area contributed by atoms with Gasteiger partial charge in [-0.3, -0.25) is 9.59 Å². The SMILES string of the molecule is CCC(Sc1cccc(NC(=O)COc2ccccc2)c1)C(=O)Nc1cc(C)on1. The molecule has 1 aromatic heterocycles. The molecule has 1 unspecified atom stereocenters. The maximum Gasteiger partial charge on any atom is 0.262 e. The second kappa shape index (κ2) is 10.5. The summed E-state index contributed by atoms with van der Waals surface area (Å²) in [6.45, 7) is 3.62. The van der Waals surface area contributed by atoms with Crippen molar-refractivity contribution in [1.82, 2.24) is 5.16 Å². The number of ether oxygens (including phenoxy) is 1. The predicted molar refractivity (Wildman–Crippen MR) is 117 cm³/mol. The van der Waals surface area contributed by atoms with Gasteiger partial charge in [-0.05, 0) is 43.7 Å². The van der Waals surface area contributed by atoms with Crippen molar-refractivity contribution in [2.45, 2.75) is 30.4 Å². The number of anilines is 2. The predicted octanol–water partition coefficient (Wildman–Crippen LogP) is 4.51. The van der Waals surface area contributed by atoms with Gasteiger partial charge in [-0.2, -0.15) is 0 Å². The van der Waals surface area contributed by atoms with E-state index < -0.39 is 0 Å². The van der Waals surface area contributed by atoms with Crippen LogP contribution in [0.4, 0.5) is 11.5 Å². The minimum atomic E-state index is -0.311. The molecule has 1 atom stereocenters. The fourth-order valence-corrected chi connectivity index (χ4v) is 3.64. The third-order valence-corrected chi connectivity index (χ3v) is 5.41. The Morgan fingerprint density at radius 3 is 2.60 bits per heavy atom. The molecule has 0 aliphatic rings. The van der Waals surface area contributed by atoms with Gasteiger partial charge in [-0.1, -0.05) is 36.3 Å². The number of aryl methyl sites for hydroxylation is 1. The Bertz CT molecular complexity index is 991. The first kappa shape index (κ1) is 21.4. The molecule has 0 spiro atoms. The van der Waals surface area contributed by atoms with Gasteiger partial charge in [0.1, 0.15) is 11.5 Å². The molecule has 156 valence electrons. The minimum Gasteiger partial charge on any atom is -0.484 e. The highest BCUT2D eigenvalue weighted by Crippen LogP contribution is 2.28. The van der Waals surface area contributed by atoms with E-state index in [2.05, 4.69) is 15.8 Å². The molecule has 0 saturated heterocycles. The molecule has 2 aromatic carbocycles. The maximum absolute atomic E-state index is 12.5. The van der Waals surface area contributed by atoms with Crippen LogP contribution in [0.15, 0.2) is 70.1 Å². The summed E-state index contributed by atoms with van der Waals surface area (Å²) in [4.78, 5) is 25.6. The lowest BCUT2D eigenvalue weighted by atomic mass is 10.3. The number of thioether (sulfide) groups is 1. The molecule has 7 nitrogen and oxygen atoms in total. The van der Waals surface area contributed by atoms with Crippen LogP contribution in [0, 0.1) is 6.92 Å². The van der Waals surface area contributed by atoms with Gasteiger partial charge >= 0.3 is 0 Å². The first-order valence-corrected chi connectivity index (χ1v) is 10.4. The van der Waals surface area contributed by atoms with E-state index in [9.17, 15) is 9.59 Å². The van der Waals surface area contributed by atoms with Crippen LogP contribution in [0.25, 0.3) is 0 Å². The second-order valence-electron chi connectivity index (χ2n) is 6.50. The standard InChI is InChI=1S/C22H23N3O4S/c1-3-19(22(27)24-20-12-15(2)29-25-20)30-18-11-7-8-16(13-18)23-21(26)14-28-17-9-5-4-6-10-17/h4-13,19H,3,14H2,1-2H3,(H,23,26)(H,24,25,27). The number of nitrogens with zero attached hydrogens (tertiary/aromatic N) is 1. The molecule has 3 rings (SSSR count). The van der Waals surface area contributed by atoms with E-state index in [0.717, 1.165) is 4.90 Å². The van der Waals surface area contributed by atoms with Crippen LogP contribution in [-0.4, -0.2) is 28.8 Å². The first-order valence-electron chi connectivity index (χ1n) is 9.52. The second-order valence-corrected chi connectivity index (χ2v) is 7.78.